The summed E-state index contributed by atoms with van der Waals surface area (Å²) < 4.78 is 0. The van der Waals surface area contributed by atoms with E-state index in [1.165, 1.54) is 32.6 Å². The van der Waals surface area contributed by atoms with Crippen LogP contribution in [0.25, 0.3) is 0 Å². The standard InChI is InChI=1S/C21H24N4O/c1-16(26)18-7-8-19(13-22)20(12-18)23-14-17-6-9-21(24-15-17)25-10-4-2-3-5-11-25/h6-9,12,15,23H,2-5,10-11,14H2,1H3. The number of anilines is 2. The number of nitrogens with one attached hydrogen (secondary N) is 1. The topological polar surface area (TPSA) is 69.0 Å². The number of hydrogen-bond donors (Lipinski definition) is 1. The Morgan fingerprint density at radius 3 is 2.58 bits per heavy atom. The van der Waals surface area contributed by atoms with Gasteiger partial charge in [-0.2, -0.15) is 5.26 Å². The van der Waals surface area contributed by atoms with Gasteiger partial charge < -0.3 is 10.2 Å². The van der Waals surface area contributed by atoms with Crippen molar-refractivity contribution in [1.29, 1.82) is 5.26 Å². The summed E-state index contributed by atoms with van der Waals surface area (Å²) in [6, 6.07) is 11.4. The van der Waals surface area contributed by atoms with Crippen molar-refractivity contribution in [2.45, 2.75) is 39.2 Å². The number of hydrogen-bond acceptors (Lipinski definition) is 5. The molecule has 2 aromatic rings. The molecule has 1 aromatic carbocycles. The predicted molar refractivity (Wildman–Crippen MR) is 103 cm³/mol. The SMILES string of the molecule is CC(=O)c1ccc(C#N)c(NCc2ccc(N3CCCCCC3)nc2)c1. The van der Waals surface area contributed by atoms with Crippen LogP contribution in [0.4, 0.5) is 11.5 Å². The van der Waals surface area contributed by atoms with Crippen molar-refractivity contribution in [2.75, 3.05) is 23.3 Å². The average molecular weight is 348 g/mol. The zero-order valence-corrected chi connectivity index (χ0v) is 15.2. The van der Waals surface area contributed by atoms with E-state index in [1.807, 2.05) is 6.20 Å². The molecule has 0 unspecified atom stereocenters. The molecule has 5 nitrogen and oxygen atoms in total. The van der Waals surface area contributed by atoms with Gasteiger partial charge in [0, 0.05) is 31.4 Å². The molecule has 0 bridgehead atoms. The van der Waals surface area contributed by atoms with E-state index in [4.69, 9.17) is 0 Å². The predicted octanol–water partition coefficient (Wildman–Crippen LogP) is 4.15. The first-order valence-electron chi connectivity index (χ1n) is 9.16. The van der Waals surface area contributed by atoms with E-state index >= 15 is 0 Å². The van der Waals surface area contributed by atoms with E-state index < -0.39 is 0 Å². The molecule has 0 radical (unpaired) electrons. The second kappa shape index (κ2) is 8.48. The molecule has 1 aliphatic heterocycles. The molecule has 0 aliphatic carbocycles. The molecule has 2 heterocycles. The number of carbonyl (C=O) groups is 1. The molecule has 5 heteroatoms. The van der Waals surface area contributed by atoms with Crippen LogP contribution in [0.2, 0.25) is 0 Å². The molecule has 1 fully saturated rings. The molecule has 1 N–H and O–H groups in total. The minimum absolute atomic E-state index is 0.0130. The molecule has 1 aliphatic rings. The minimum Gasteiger partial charge on any atom is -0.380 e. The number of benzene rings is 1. The number of Topliss-reactive ketones (excluding diaryl/α,β-unsaturated/α-hetero) is 1. The maximum absolute atomic E-state index is 11.6. The van der Waals surface area contributed by atoms with Crippen molar-refractivity contribution in [3.05, 3.63) is 53.2 Å². The van der Waals surface area contributed by atoms with Crippen LogP contribution in [0.1, 0.15) is 54.1 Å². The lowest BCUT2D eigenvalue weighted by Crippen LogP contribution is -2.24. The molecule has 134 valence electrons. The van der Waals surface area contributed by atoms with Crippen LogP contribution in [0.5, 0.6) is 0 Å². The Kier molecular flexibility index (Phi) is 5.85. The van der Waals surface area contributed by atoms with Crippen molar-refractivity contribution in [2.24, 2.45) is 0 Å². The van der Waals surface area contributed by atoms with Crippen LogP contribution in [0.3, 0.4) is 0 Å². The third kappa shape index (κ3) is 4.40. The van der Waals surface area contributed by atoms with E-state index in [9.17, 15) is 10.1 Å². The highest BCUT2D eigenvalue weighted by Gasteiger charge is 2.11. The van der Waals surface area contributed by atoms with E-state index in [0.717, 1.165) is 24.5 Å². The zero-order chi connectivity index (χ0) is 18.4. The van der Waals surface area contributed by atoms with Gasteiger partial charge in [0.25, 0.3) is 0 Å². The monoisotopic (exact) mass is 348 g/mol. The fourth-order valence-corrected chi connectivity index (χ4v) is 3.21. The molecule has 0 saturated carbocycles. The van der Waals surface area contributed by atoms with E-state index in [2.05, 4.69) is 33.4 Å². The maximum atomic E-state index is 11.6. The molecule has 3 rings (SSSR count). The van der Waals surface area contributed by atoms with Crippen LogP contribution in [-0.4, -0.2) is 23.9 Å². The molecule has 0 amide bonds. The number of ketones is 1. The minimum atomic E-state index is -0.0130. The molecule has 0 spiro atoms. The van der Waals surface area contributed by atoms with Gasteiger partial charge in [-0.25, -0.2) is 4.98 Å². The van der Waals surface area contributed by atoms with E-state index in [1.54, 1.807) is 18.2 Å². The first-order valence-corrected chi connectivity index (χ1v) is 9.16. The van der Waals surface area contributed by atoms with Gasteiger partial charge in [0.2, 0.25) is 0 Å². The van der Waals surface area contributed by atoms with Gasteiger partial charge in [-0.3, -0.25) is 4.79 Å². The van der Waals surface area contributed by atoms with Crippen LogP contribution in [-0.2, 0) is 6.54 Å². The quantitative estimate of drug-likeness (QED) is 0.822. The second-order valence-electron chi connectivity index (χ2n) is 6.71. The van der Waals surface area contributed by atoms with Crippen molar-refractivity contribution >= 4 is 17.3 Å². The zero-order valence-electron chi connectivity index (χ0n) is 15.2. The summed E-state index contributed by atoms with van der Waals surface area (Å²) in [6.07, 6.45) is 6.95. The Hall–Kier alpha value is -2.87. The first-order chi connectivity index (χ1) is 12.7. The third-order valence-electron chi connectivity index (χ3n) is 4.77. The Labute approximate surface area is 154 Å². The first kappa shape index (κ1) is 17.9. The molecule has 1 saturated heterocycles. The summed E-state index contributed by atoms with van der Waals surface area (Å²) in [6.45, 7) is 4.24. The molecule has 26 heavy (non-hydrogen) atoms. The van der Waals surface area contributed by atoms with Crippen molar-refractivity contribution < 1.29 is 4.79 Å². The highest BCUT2D eigenvalue weighted by Crippen LogP contribution is 2.20. The van der Waals surface area contributed by atoms with Crippen LogP contribution in [0, 0.1) is 11.3 Å². The summed E-state index contributed by atoms with van der Waals surface area (Å²) in [4.78, 5) is 18.5. The Morgan fingerprint density at radius 2 is 1.96 bits per heavy atom. The summed E-state index contributed by atoms with van der Waals surface area (Å²) >= 11 is 0. The fourth-order valence-electron chi connectivity index (χ4n) is 3.21. The number of aromatic nitrogens is 1. The molecular weight excluding hydrogens is 324 g/mol. The lowest BCUT2D eigenvalue weighted by Gasteiger charge is -2.21. The number of nitriles is 1. The average Bonchev–Trinajstić information content (AvgIpc) is 2.96. The number of nitrogens with zero attached hydrogens (tertiary/aromatic N) is 3. The summed E-state index contributed by atoms with van der Waals surface area (Å²) in [5.74, 6) is 1.02. The Balaban J connectivity index is 1.67. The van der Waals surface area contributed by atoms with E-state index in [0.29, 0.717) is 23.4 Å². The normalized spacial score (nSPS) is 14.4. The lowest BCUT2D eigenvalue weighted by molar-refractivity contribution is 0.101. The third-order valence-corrected chi connectivity index (χ3v) is 4.77. The van der Waals surface area contributed by atoms with Gasteiger partial charge in [0.1, 0.15) is 11.9 Å². The van der Waals surface area contributed by atoms with E-state index in [-0.39, 0.29) is 5.78 Å². The maximum Gasteiger partial charge on any atom is 0.159 e. The van der Waals surface area contributed by atoms with Gasteiger partial charge in [-0.15, -0.1) is 0 Å². The summed E-state index contributed by atoms with van der Waals surface area (Å²) in [5, 5.41) is 12.5. The fraction of sp³-hybridized carbons (Fsp3) is 0.381. The summed E-state index contributed by atoms with van der Waals surface area (Å²) in [5.41, 5.74) is 2.85. The van der Waals surface area contributed by atoms with Crippen LogP contribution < -0.4 is 10.2 Å². The van der Waals surface area contributed by atoms with Crippen molar-refractivity contribution in [1.82, 2.24) is 4.98 Å². The Bertz CT molecular complexity index is 800. The molecule has 0 atom stereocenters. The van der Waals surface area contributed by atoms with Crippen LogP contribution >= 0.6 is 0 Å². The van der Waals surface area contributed by atoms with Crippen LogP contribution in [0.15, 0.2) is 36.5 Å². The second-order valence-corrected chi connectivity index (χ2v) is 6.71. The smallest absolute Gasteiger partial charge is 0.159 e. The van der Waals surface area contributed by atoms with Gasteiger partial charge >= 0.3 is 0 Å². The summed E-state index contributed by atoms with van der Waals surface area (Å²) in [7, 11) is 0. The number of carbonyl (C=O) groups excluding carboxylic acids is 1. The Morgan fingerprint density at radius 1 is 1.19 bits per heavy atom. The lowest BCUT2D eigenvalue weighted by atomic mass is 10.1. The molecule has 1 aromatic heterocycles. The van der Waals surface area contributed by atoms with Crippen molar-refractivity contribution in [3.63, 3.8) is 0 Å². The van der Waals surface area contributed by atoms with Gasteiger partial charge in [-0.05, 0) is 49.6 Å². The number of pyridine rings is 1. The highest BCUT2D eigenvalue weighted by atomic mass is 16.1. The number of rotatable bonds is 5. The highest BCUT2D eigenvalue weighted by molar-refractivity contribution is 5.95. The largest absolute Gasteiger partial charge is 0.380 e. The van der Waals surface area contributed by atoms with Gasteiger partial charge in [0.05, 0.1) is 11.3 Å². The van der Waals surface area contributed by atoms with Crippen molar-refractivity contribution in [3.8, 4) is 6.07 Å². The molecular formula is C21H24N4O. The van der Waals surface area contributed by atoms with Gasteiger partial charge in [-0.1, -0.05) is 18.9 Å². The van der Waals surface area contributed by atoms with Gasteiger partial charge in [0.15, 0.2) is 5.78 Å².